The van der Waals surface area contributed by atoms with Gasteiger partial charge in [0.15, 0.2) is 0 Å². The van der Waals surface area contributed by atoms with Crippen LogP contribution in [0.15, 0.2) is 11.6 Å². The highest BCUT2D eigenvalue weighted by molar-refractivity contribution is 5.14. The molecule has 0 nitrogen and oxygen atoms in total. The summed E-state index contributed by atoms with van der Waals surface area (Å²) in [6.45, 7) is 6.04. The third-order valence-electron chi connectivity index (χ3n) is 3.11. The average Bonchev–Trinajstić information content (AvgIpc) is 2.01. The Labute approximate surface area is 83.2 Å². The molecule has 2 unspecified atom stereocenters. The quantitative estimate of drug-likeness (QED) is 0.565. The van der Waals surface area contributed by atoms with E-state index in [0.29, 0.717) is 18.3 Å². The zero-order valence-electron chi connectivity index (χ0n) is 8.86. The lowest BCUT2D eigenvalue weighted by Crippen LogP contribution is -2.25. The second-order valence-corrected chi connectivity index (χ2v) is 4.50. The number of hydrogen-bond donors (Lipinski definition) is 0. The zero-order valence-corrected chi connectivity index (χ0v) is 8.86. The molecule has 0 saturated carbocycles. The van der Waals surface area contributed by atoms with Crippen LogP contribution in [0.25, 0.3) is 0 Å². The molecular weight excluding hydrogens is 189 g/mol. The Morgan fingerprint density at radius 1 is 1.36 bits per heavy atom. The number of hydrogen-bond acceptors (Lipinski definition) is 0. The fourth-order valence-corrected chi connectivity index (χ4v) is 2.29. The Morgan fingerprint density at radius 3 is 2.29 bits per heavy atom. The second kappa shape index (κ2) is 3.95. The monoisotopic (exact) mass is 206 g/mol. The van der Waals surface area contributed by atoms with Crippen LogP contribution in [0.1, 0.15) is 33.6 Å². The molecule has 2 atom stereocenters. The van der Waals surface area contributed by atoms with Crippen molar-refractivity contribution in [1.29, 1.82) is 0 Å². The number of alkyl halides is 3. The SMILES string of the molecule is CC(C)C1CCC(C(F)(F)F)=CC1C. The van der Waals surface area contributed by atoms with Gasteiger partial charge in [-0.25, -0.2) is 0 Å². The van der Waals surface area contributed by atoms with E-state index >= 15 is 0 Å². The fraction of sp³-hybridized carbons (Fsp3) is 0.818. The highest BCUT2D eigenvalue weighted by Crippen LogP contribution is 2.39. The van der Waals surface area contributed by atoms with Gasteiger partial charge in [0, 0.05) is 5.57 Å². The average molecular weight is 206 g/mol. The number of halogens is 3. The minimum absolute atomic E-state index is 0.0559. The van der Waals surface area contributed by atoms with Crippen LogP contribution in [0.5, 0.6) is 0 Å². The Hall–Kier alpha value is -0.470. The normalized spacial score (nSPS) is 29.2. The van der Waals surface area contributed by atoms with Gasteiger partial charge < -0.3 is 0 Å². The minimum atomic E-state index is -4.11. The standard InChI is InChI=1S/C11H17F3/c1-7(2)10-5-4-9(6-8(10)3)11(12,13)14/h6-8,10H,4-5H2,1-3H3. The molecule has 0 N–H and O–H groups in total. The van der Waals surface area contributed by atoms with Crippen molar-refractivity contribution in [2.45, 2.75) is 39.8 Å². The molecule has 82 valence electrons. The first-order chi connectivity index (χ1) is 6.32. The molecule has 1 aliphatic carbocycles. The van der Waals surface area contributed by atoms with Gasteiger partial charge in [-0.3, -0.25) is 0 Å². The van der Waals surface area contributed by atoms with Gasteiger partial charge in [-0.1, -0.05) is 26.8 Å². The summed E-state index contributed by atoms with van der Waals surface area (Å²) < 4.78 is 37.1. The summed E-state index contributed by atoms with van der Waals surface area (Å²) >= 11 is 0. The van der Waals surface area contributed by atoms with E-state index in [9.17, 15) is 13.2 Å². The third kappa shape index (κ3) is 2.52. The maximum Gasteiger partial charge on any atom is 0.412 e. The van der Waals surface area contributed by atoms with E-state index in [1.807, 2.05) is 6.92 Å². The van der Waals surface area contributed by atoms with Gasteiger partial charge in [0.1, 0.15) is 0 Å². The fourth-order valence-electron chi connectivity index (χ4n) is 2.29. The first-order valence-electron chi connectivity index (χ1n) is 5.10. The van der Waals surface area contributed by atoms with E-state index in [1.54, 1.807) is 0 Å². The van der Waals surface area contributed by atoms with Gasteiger partial charge in [0.2, 0.25) is 0 Å². The lowest BCUT2D eigenvalue weighted by atomic mass is 9.75. The maximum absolute atomic E-state index is 12.4. The summed E-state index contributed by atoms with van der Waals surface area (Å²) in [6.07, 6.45) is -1.84. The molecule has 0 heterocycles. The van der Waals surface area contributed by atoms with E-state index in [0.717, 1.165) is 0 Å². The van der Waals surface area contributed by atoms with Crippen LogP contribution in [-0.2, 0) is 0 Å². The molecule has 0 aliphatic heterocycles. The van der Waals surface area contributed by atoms with E-state index < -0.39 is 6.18 Å². The first kappa shape index (κ1) is 11.6. The van der Waals surface area contributed by atoms with Gasteiger partial charge in [-0.15, -0.1) is 0 Å². The highest BCUT2D eigenvalue weighted by atomic mass is 19.4. The van der Waals surface area contributed by atoms with E-state index in [-0.39, 0.29) is 17.9 Å². The topological polar surface area (TPSA) is 0 Å². The van der Waals surface area contributed by atoms with Crippen LogP contribution < -0.4 is 0 Å². The van der Waals surface area contributed by atoms with Crippen molar-refractivity contribution in [3.05, 3.63) is 11.6 Å². The van der Waals surface area contributed by atoms with Crippen molar-refractivity contribution >= 4 is 0 Å². The van der Waals surface area contributed by atoms with E-state index in [4.69, 9.17) is 0 Å². The van der Waals surface area contributed by atoms with Gasteiger partial charge in [-0.2, -0.15) is 13.2 Å². The van der Waals surface area contributed by atoms with Gasteiger partial charge in [0.25, 0.3) is 0 Å². The zero-order chi connectivity index (χ0) is 10.9. The molecule has 0 fully saturated rings. The van der Waals surface area contributed by atoms with E-state index in [1.165, 1.54) is 6.08 Å². The van der Waals surface area contributed by atoms with Crippen LogP contribution >= 0.6 is 0 Å². The lowest BCUT2D eigenvalue weighted by Gasteiger charge is -2.31. The van der Waals surface area contributed by atoms with Crippen LogP contribution in [0, 0.1) is 17.8 Å². The van der Waals surface area contributed by atoms with Crippen molar-refractivity contribution in [1.82, 2.24) is 0 Å². The minimum Gasteiger partial charge on any atom is -0.166 e. The molecule has 0 aromatic heterocycles. The Morgan fingerprint density at radius 2 is 1.93 bits per heavy atom. The van der Waals surface area contributed by atoms with Crippen molar-refractivity contribution in [2.75, 3.05) is 0 Å². The second-order valence-electron chi connectivity index (χ2n) is 4.50. The third-order valence-corrected chi connectivity index (χ3v) is 3.11. The van der Waals surface area contributed by atoms with Gasteiger partial charge in [0.05, 0.1) is 0 Å². The first-order valence-corrected chi connectivity index (χ1v) is 5.10. The smallest absolute Gasteiger partial charge is 0.166 e. The Kier molecular flexibility index (Phi) is 3.28. The summed E-state index contributed by atoms with van der Waals surface area (Å²) in [4.78, 5) is 0. The van der Waals surface area contributed by atoms with Crippen molar-refractivity contribution in [2.24, 2.45) is 17.8 Å². The maximum atomic E-state index is 12.4. The molecule has 14 heavy (non-hydrogen) atoms. The van der Waals surface area contributed by atoms with Crippen molar-refractivity contribution in [3.8, 4) is 0 Å². The Bertz CT molecular complexity index is 225. The Balaban J connectivity index is 2.76. The van der Waals surface area contributed by atoms with Crippen LogP contribution in [0.4, 0.5) is 13.2 Å². The van der Waals surface area contributed by atoms with Gasteiger partial charge >= 0.3 is 6.18 Å². The summed E-state index contributed by atoms with van der Waals surface area (Å²) in [5.74, 6) is 0.928. The summed E-state index contributed by atoms with van der Waals surface area (Å²) in [7, 11) is 0. The predicted molar refractivity (Wildman–Crippen MR) is 50.9 cm³/mol. The number of allylic oxidation sites excluding steroid dienone is 2. The highest BCUT2D eigenvalue weighted by Gasteiger charge is 2.37. The van der Waals surface area contributed by atoms with E-state index in [2.05, 4.69) is 13.8 Å². The summed E-state index contributed by atoms with van der Waals surface area (Å²) in [5, 5.41) is 0. The van der Waals surface area contributed by atoms with Crippen LogP contribution in [0.2, 0.25) is 0 Å². The molecule has 0 aromatic rings. The molecule has 0 bridgehead atoms. The molecule has 1 rings (SSSR count). The molecular formula is C11H17F3. The summed E-state index contributed by atoms with van der Waals surface area (Å²) in [6, 6.07) is 0. The predicted octanol–water partition coefficient (Wildman–Crippen LogP) is 4.18. The number of rotatable bonds is 1. The van der Waals surface area contributed by atoms with Crippen molar-refractivity contribution < 1.29 is 13.2 Å². The van der Waals surface area contributed by atoms with Crippen LogP contribution in [0.3, 0.4) is 0 Å². The molecule has 0 aromatic carbocycles. The van der Waals surface area contributed by atoms with Gasteiger partial charge in [-0.05, 0) is 30.6 Å². The van der Waals surface area contributed by atoms with Crippen LogP contribution in [-0.4, -0.2) is 6.18 Å². The summed E-state index contributed by atoms with van der Waals surface area (Å²) in [5.41, 5.74) is -0.332. The largest absolute Gasteiger partial charge is 0.412 e. The molecule has 3 heteroatoms. The molecule has 0 amide bonds. The molecule has 0 saturated heterocycles. The van der Waals surface area contributed by atoms with Crippen molar-refractivity contribution in [3.63, 3.8) is 0 Å². The molecule has 0 radical (unpaired) electrons. The molecule has 1 aliphatic rings. The lowest BCUT2D eigenvalue weighted by molar-refractivity contribution is -0.0966. The molecule has 0 spiro atoms.